The number of halogens is 1. The van der Waals surface area contributed by atoms with E-state index < -0.39 is 22.0 Å². The monoisotopic (exact) mass is 371 g/mol. The van der Waals surface area contributed by atoms with E-state index in [1.54, 1.807) is 24.3 Å². The predicted molar refractivity (Wildman–Crippen MR) is 89.2 cm³/mol. The highest BCUT2D eigenvalue weighted by Gasteiger charge is 2.31. The van der Waals surface area contributed by atoms with Gasteiger partial charge in [0, 0.05) is 7.05 Å². The van der Waals surface area contributed by atoms with Crippen LogP contribution in [-0.4, -0.2) is 37.3 Å². The van der Waals surface area contributed by atoms with Crippen LogP contribution >= 0.6 is 11.6 Å². The summed E-state index contributed by atoms with van der Waals surface area (Å²) in [7, 11) is -1.30. The van der Waals surface area contributed by atoms with Gasteiger partial charge in [0.25, 0.3) is 0 Å². The number of rotatable bonds is 6. The number of sulfonamides is 1. The topological polar surface area (TPSA) is 90.3 Å². The molecule has 2 aromatic rings. The van der Waals surface area contributed by atoms with Crippen molar-refractivity contribution in [2.45, 2.75) is 24.3 Å². The molecule has 1 unspecified atom stereocenters. The average molecular weight is 372 g/mol. The Bertz CT molecular complexity index is 834. The van der Waals surface area contributed by atoms with E-state index in [4.69, 9.17) is 16.3 Å². The fourth-order valence-electron chi connectivity index (χ4n) is 2.33. The van der Waals surface area contributed by atoms with Crippen LogP contribution in [0.4, 0.5) is 0 Å². The second kappa shape index (κ2) is 7.33. The molecule has 24 heavy (non-hydrogen) atoms. The molecule has 0 amide bonds. The van der Waals surface area contributed by atoms with Gasteiger partial charge in [0.1, 0.15) is 16.1 Å². The molecule has 1 atom stereocenters. The maximum Gasteiger partial charge on any atom is 0.324 e. The van der Waals surface area contributed by atoms with Gasteiger partial charge in [0.2, 0.25) is 10.0 Å². The third-order valence-corrected chi connectivity index (χ3v) is 5.60. The zero-order valence-corrected chi connectivity index (χ0v) is 15.1. The summed E-state index contributed by atoms with van der Waals surface area (Å²) < 4.78 is 33.6. The van der Waals surface area contributed by atoms with Crippen LogP contribution < -0.4 is 4.72 Å². The molecule has 130 valence electrons. The molecule has 0 aliphatic heterocycles. The Morgan fingerprint density at radius 3 is 2.50 bits per heavy atom. The summed E-state index contributed by atoms with van der Waals surface area (Å²) in [4.78, 5) is 11.9. The molecule has 1 heterocycles. The van der Waals surface area contributed by atoms with Crippen molar-refractivity contribution in [1.82, 2.24) is 14.5 Å². The Hall–Kier alpha value is -1.90. The Kier molecular flexibility index (Phi) is 5.63. The summed E-state index contributed by atoms with van der Waals surface area (Å²) in [6.45, 7) is 1.53. The number of esters is 1. The van der Waals surface area contributed by atoms with Gasteiger partial charge in [0.15, 0.2) is 0 Å². The number of nitrogens with zero attached hydrogens (tertiary/aromatic N) is 2. The lowest BCUT2D eigenvalue weighted by molar-refractivity contribution is -0.142. The van der Waals surface area contributed by atoms with Crippen LogP contribution in [0.2, 0.25) is 5.15 Å². The van der Waals surface area contributed by atoms with Crippen LogP contribution in [-0.2, 0) is 33.0 Å². The first kappa shape index (κ1) is 18.4. The normalized spacial score (nSPS) is 12.8. The average Bonchev–Trinajstić information content (AvgIpc) is 2.79. The van der Waals surface area contributed by atoms with Crippen LogP contribution in [0.1, 0.15) is 11.3 Å². The lowest BCUT2D eigenvalue weighted by atomic mass is 10.1. The molecule has 0 saturated heterocycles. The van der Waals surface area contributed by atoms with E-state index >= 15 is 0 Å². The summed E-state index contributed by atoms with van der Waals surface area (Å²) in [5, 5.41) is 3.96. The smallest absolute Gasteiger partial charge is 0.324 e. The van der Waals surface area contributed by atoms with Crippen molar-refractivity contribution in [2.24, 2.45) is 7.05 Å². The zero-order valence-electron chi connectivity index (χ0n) is 13.5. The number of benzene rings is 1. The summed E-state index contributed by atoms with van der Waals surface area (Å²) in [6.07, 6.45) is 0.156. The predicted octanol–water partition coefficient (Wildman–Crippen LogP) is 1.44. The first-order valence-corrected chi connectivity index (χ1v) is 8.95. The van der Waals surface area contributed by atoms with Gasteiger partial charge in [-0.05, 0) is 18.9 Å². The van der Waals surface area contributed by atoms with Crippen LogP contribution in [0.3, 0.4) is 0 Å². The molecule has 0 radical (unpaired) electrons. The molecule has 0 fully saturated rings. The highest BCUT2D eigenvalue weighted by molar-refractivity contribution is 7.89. The molecule has 9 heteroatoms. The molecule has 0 aliphatic rings. The molecule has 0 saturated carbocycles. The number of hydrogen-bond donors (Lipinski definition) is 1. The molecular formula is C15H18ClN3O4S. The standard InChI is InChI=1S/C15H18ClN3O4S/c1-10-13(14(16)19(2)17-10)24(21,22)18-12(15(20)23-3)9-11-7-5-4-6-8-11/h4-8,12,18H,9H2,1-3H3. The minimum Gasteiger partial charge on any atom is -0.468 e. The SMILES string of the molecule is COC(=O)C(Cc1ccccc1)NS(=O)(=O)c1c(C)nn(C)c1Cl. The van der Waals surface area contributed by atoms with E-state index in [-0.39, 0.29) is 22.2 Å². The van der Waals surface area contributed by atoms with E-state index in [2.05, 4.69) is 9.82 Å². The highest BCUT2D eigenvalue weighted by Crippen LogP contribution is 2.24. The fraction of sp³-hybridized carbons (Fsp3) is 0.333. The van der Waals surface area contributed by atoms with E-state index in [0.717, 1.165) is 5.56 Å². The molecule has 7 nitrogen and oxygen atoms in total. The quantitative estimate of drug-likeness (QED) is 0.776. The Morgan fingerprint density at radius 1 is 1.38 bits per heavy atom. The van der Waals surface area contributed by atoms with Crippen LogP contribution in [0.5, 0.6) is 0 Å². The van der Waals surface area contributed by atoms with Crippen molar-refractivity contribution in [1.29, 1.82) is 0 Å². The van der Waals surface area contributed by atoms with Crippen molar-refractivity contribution < 1.29 is 17.9 Å². The second-order valence-corrected chi connectivity index (χ2v) is 7.22. The molecule has 0 bridgehead atoms. The van der Waals surface area contributed by atoms with Gasteiger partial charge in [-0.1, -0.05) is 41.9 Å². The number of hydrogen-bond acceptors (Lipinski definition) is 5. The van der Waals surface area contributed by atoms with Crippen LogP contribution in [0, 0.1) is 6.92 Å². The number of nitrogens with one attached hydrogen (secondary N) is 1. The van der Waals surface area contributed by atoms with Gasteiger partial charge in [-0.15, -0.1) is 0 Å². The molecule has 1 aromatic carbocycles. The molecule has 0 spiro atoms. The summed E-state index contributed by atoms with van der Waals surface area (Å²) in [6, 6.07) is 7.97. The summed E-state index contributed by atoms with van der Waals surface area (Å²) in [5.41, 5.74) is 1.04. The third kappa shape index (κ3) is 3.95. The number of aryl methyl sites for hydroxylation is 2. The van der Waals surface area contributed by atoms with Crippen LogP contribution in [0.25, 0.3) is 0 Å². The Morgan fingerprint density at radius 2 is 2.00 bits per heavy atom. The second-order valence-electron chi connectivity index (χ2n) is 5.22. The van der Waals surface area contributed by atoms with Gasteiger partial charge in [-0.25, -0.2) is 8.42 Å². The van der Waals surface area contributed by atoms with Gasteiger partial charge >= 0.3 is 5.97 Å². The van der Waals surface area contributed by atoms with Crippen molar-refractivity contribution in [3.05, 3.63) is 46.7 Å². The molecule has 2 rings (SSSR count). The largest absolute Gasteiger partial charge is 0.468 e. The lowest BCUT2D eigenvalue weighted by Gasteiger charge is -2.16. The van der Waals surface area contributed by atoms with E-state index in [1.165, 1.54) is 25.8 Å². The van der Waals surface area contributed by atoms with Gasteiger partial charge < -0.3 is 4.74 Å². The van der Waals surface area contributed by atoms with Crippen molar-refractivity contribution in [3.8, 4) is 0 Å². The lowest BCUT2D eigenvalue weighted by Crippen LogP contribution is -2.43. The van der Waals surface area contributed by atoms with E-state index in [0.29, 0.717) is 0 Å². The fourth-order valence-corrected chi connectivity index (χ4v) is 4.26. The number of aromatic nitrogens is 2. The molecule has 1 aromatic heterocycles. The maximum atomic E-state index is 12.7. The number of methoxy groups -OCH3 is 1. The Balaban J connectivity index is 2.33. The first-order valence-electron chi connectivity index (χ1n) is 7.09. The van der Waals surface area contributed by atoms with E-state index in [1.807, 2.05) is 6.07 Å². The van der Waals surface area contributed by atoms with Crippen molar-refractivity contribution in [2.75, 3.05) is 7.11 Å². The molecular weight excluding hydrogens is 354 g/mol. The summed E-state index contributed by atoms with van der Waals surface area (Å²) >= 11 is 6.02. The molecule has 0 aliphatic carbocycles. The van der Waals surface area contributed by atoms with Crippen LogP contribution in [0.15, 0.2) is 35.2 Å². The minimum atomic E-state index is -4.04. The molecule has 1 N–H and O–H groups in total. The van der Waals surface area contributed by atoms with Gasteiger partial charge in [-0.2, -0.15) is 9.82 Å². The maximum absolute atomic E-state index is 12.7. The summed E-state index contributed by atoms with van der Waals surface area (Å²) in [5.74, 6) is -0.680. The van der Waals surface area contributed by atoms with Gasteiger partial charge in [0.05, 0.1) is 12.8 Å². The van der Waals surface area contributed by atoms with Crippen molar-refractivity contribution in [3.63, 3.8) is 0 Å². The third-order valence-electron chi connectivity index (χ3n) is 3.43. The number of ether oxygens (including phenoxy) is 1. The zero-order chi connectivity index (χ0) is 17.9. The van der Waals surface area contributed by atoms with E-state index in [9.17, 15) is 13.2 Å². The van der Waals surface area contributed by atoms with Gasteiger partial charge in [-0.3, -0.25) is 9.48 Å². The Labute approximate surface area is 145 Å². The number of carbonyl (C=O) groups excluding carboxylic acids is 1. The first-order chi connectivity index (χ1) is 11.3. The highest BCUT2D eigenvalue weighted by atomic mass is 35.5. The minimum absolute atomic E-state index is 0.0247. The number of carbonyl (C=O) groups is 1. The van der Waals surface area contributed by atoms with Crippen molar-refractivity contribution >= 4 is 27.6 Å².